The molecule has 0 saturated carbocycles. The van der Waals surface area contributed by atoms with E-state index in [0.717, 1.165) is 5.56 Å². The zero-order chi connectivity index (χ0) is 15.4. The number of ether oxygens (including phenoxy) is 1. The molecule has 0 aliphatic rings. The lowest BCUT2D eigenvalue weighted by Gasteiger charge is -2.26. The van der Waals surface area contributed by atoms with Crippen LogP contribution in [0.3, 0.4) is 0 Å². The summed E-state index contributed by atoms with van der Waals surface area (Å²) in [7, 11) is 3.26. The van der Waals surface area contributed by atoms with Crippen LogP contribution in [0.4, 0.5) is 4.39 Å². The minimum atomic E-state index is -0.287. The summed E-state index contributed by atoms with van der Waals surface area (Å²) in [6.07, 6.45) is 0. The Morgan fingerprint density at radius 3 is 2.38 bits per heavy atom. The van der Waals surface area contributed by atoms with Gasteiger partial charge in [-0.15, -0.1) is 0 Å². The Balaban J connectivity index is 2.24. The van der Waals surface area contributed by atoms with Gasteiger partial charge in [-0.2, -0.15) is 0 Å². The van der Waals surface area contributed by atoms with Crippen molar-refractivity contribution in [2.24, 2.45) is 0 Å². The molecule has 0 heterocycles. The summed E-state index contributed by atoms with van der Waals surface area (Å²) in [6.45, 7) is 1.90. The average molecular weight is 287 g/mol. The largest absolute Gasteiger partial charge is 0.496 e. The molecule has 1 amide bonds. The van der Waals surface area contributed by atoms with Gasteiger partial charge in [0, 0.05) is 7.05 Å². The van der Waals surface area contributed by atoms with Crippen LogP contribution in [0.2, 0.25) is 0 Å². The highest BCUT2D eigenvalue weighted by molar-refractivity contribution is 5.97. The highest BCUT2D eigenvalue weighted by atomic mass is 19.1. The lowest BCUT2D eigenvalue weighted by molar-refractivity contribution is 0.0739. The van der Waals surface area contributed by atoms with Crippen LogP contribution in [0.5, 0.6) is 5.75 Å². The predicted octanol–water partition coefficient (Wildman–Crippen LogP) is 3.67. The van der Waals surface area contributed by atoms with Crippen molar-refractivity contribution >= 4 is 5.91 Å². The second-order valence-corrected chi connectivity index (χ2v) is 4.84. The number of benzene rings is 2. The minimum absolute atomic E-state index is 0.135. The molecule has 110 valence electrons. The topological polar surface area (TPSA) is 29.5 Å². The molecule has 1 unspecified atom stereocenters. The Morgan fingerprint density at radius 2 is 1.76 bits per heavy atom. The first-order valence-electron chi connectivity index (χ1n) is 6.70. The van der Waals surface area contributed by atoms with Gasteiger partial charge in [0.15, 0.2) is 0 Å². The van der Waals surface area contributed by atoms with Crippen LogP contribution in [0, 0.1) is 5.82 Å². The highest BCUT2D eigenvalue weighted by Crippen LogP contribution is 2.24. The fraction of sp³-hybridized carbons (Fsp3) is 0.235. The van der Waals surface area contributed by atoms with Crippen molar-refractivity contribution in [1.29, 1.82) is 0 Å². The van der Waals surface area contributed by atoms with Crippen molar-refractivity contribution in [3.8, 4) is 5.75 Å². The van der Waals surface area contributed by atoms with E-state index in [1.54, 1.807) is 42.3 Å². The van der Waals surface area contributed by atoms with Gasteiger partial charge in [-0.3, -0.25) is 4.79 Å². The summed E-state index contributed by atoms with van der Waals surface area (Å²) in [4.78, 5) is 14.2. The molecule has 3 nitrogen and oxygen atoms in total. The van der Waals surface area contributed by atoms with Crippen LogP contribution >= 0.6 is 0 Å². The van der Waals surface area contributed by atoms with Crippen LogP contribution in [0.1, 0.15) is 28.9 Å². The van der Waals surface area contributed by atoms with E-state index in [-0.39, 0.29) is 17.8 Å². The zero-order valence-corrected chi connectivity index (χ0v) is 12.3. The Bertz CT molecular complexity index is 625. The van der Waals surface area contributed by atoms with Gasteiger partial charge in [0.2, 0.25) is 0 Å². The van der Waals surface area contributed by atoms with Crippen LogP contribution < -0.4 is 4.74 Å². The molecule has 0 bridgehead atoms. The summed E-state index contributed by atoms with van der Waals surface area (Å²) in [5.74, 6) is 0.120. The maximum Gasteiger partial charge on any atom is 0.257 e. The lowest BCUT2D eigenvalue weighted by Crippen LogP contribution is -2.30. The molecule has 0 radical (unpaired) electrons. The number of hydrogen-bond donors (Lipinski definition) is 0. The van der Waals surface area contributed by atoms with Crippen LogP contribution in [0.25, 0.3) is 0 Å². The van der Waals surface area contributed by atoms with E-state index in [9.17, 15) is 9.18 Å². The van der Waals surface area contributed by atoms with Crippen molar-refractivity contribution < 1.29 is 13.9 Å². The van der Waals surface area contributed by atoms with Gasteiger partial charge in [-0.25, -0.2) is 4.39 Å². The SMILES string of the molecule is COc1ccccc1C(=O)N(C)C(C)c1ccc(F)cc1. The third kappa shape index (κ3) is 3.21. The third-order valence-corrected chi connectivity index (χ3v) is 3.59. The Kier molecular flexibility index (Phi) is 4.58. The van der Waals surface area contributed by atoms with Gasteiger partial charge in [0.1, 0.15) is 11.6 Å². The highest BCUT2D eigenvalue weighted by Gasteiger charge is 2.21. The number of rotatable bonds is 4. The molecule has 2 aromatic rings. The Labute approximate surface area is 124 Å². The van der Waals surface area contributed by atoms with Crippen LogP contribution in [-0.2, 0) is 0 Å². The van der Waals surface area contributed by atoms with Crippen LogP contribution in [-0.4, -0.2) is 25.0 Å². The molecule has 0 spiro atoms. The first-order chi connectivity index (χ1) is 10.0. The molecule has 0 aliphatic heterocycles. The van der Waals surface area contributed by atoms with Gasteiger partial charge in [-0.05, 0) is 36.8 Å². The monoisotopic (exact) mass is 287 g/mol. The molecular formula is C17H18FNO2. The van der Waals surface area contributed by atoms with E-state index in [1.165, 1.54) is 19.2 Å². The molecule has 2 rings (SSSR count). The number of nitrogens with zero attached hydrogens (tertiary/aromatic N) is 1. The number of carbonyl (C=O) groups excluding carboxylic acids is 1. The molecule has 0 aliphatic carbocycles. The molecule has 0 N–H and O–H groups in total. The number of methoxy groups -OCH3 is 1. The van der Waals surface area contributed by atoms with Gasteiger partial charge in [-0.1, -0.05) is 24.3 Å². The zero-order valence-electron chi connectivity index (χ0n) is 12.3. The predicted molar refractivity (Wildman–Crippen MR) is 79.9 cm³/mol. The van der Waals surface area contributed by atoms with Gasteiger partial charge >= 0.3 is 0 Å². The fourth-order valence-electron chi connectivity index (χ4n) is 2.15. The quantitative estimate of drug-likeness (QED) is 0.858. The standard InChI is InChI=1S/C17H18FNO2/c1-12(13-8-10-14(18)11-9-13)19(2)17(20)15-6-4-5-7-16(15)21-3/h4-12H,1-3H3. The molecule has 4 heteroatoms. The molecule has 2 aromatic carbocycles. The minimum Gasteiger partial charge on any atom is -0.496 e. The first-order valence-corrected chi connectivity index (χ1v) is 6.70. The number of para-hydroxylation sites is 1. The first kappa shape index (κ1) is 15.0. The van der Waals surface area contributed by atoms with E-state index in [2.05, 4.69) is 0 Å². The molecule has 1 atom stereocenters. The molecule has 0 saturated heterocycles. The second-order valence-electron chi connectivity index (χ2n) is 4.84. The molecular weight excluding hydrogens is 269 g/mol. The third-order valence-electron chi connectivity index (χ3n) is 3.59. The van der Waals surface area contributed by atoms with Crippen molar-refractivity contribution in [3.63, 3.8) is 0 Å². The Morgan fingerprint density at radius 1 is 1.14 bits per heavy atom. The van der Waals surface area contributed by atoms with Gasteiger partial charge in [0.25, 0.3) is 5.91 Å². The number of amides is 1. The van der Waals surface area contributed by atoms with Crippen molar-refractivity contribution in [2.75, 3.05) is 14.2 Å². The molecule has 0 aromatic heterocycles. The van der Waals surface area contributed by atoms with E-state index in [1.807, 2.05) is 13.0 Å². The van der Waals surface area contributed by atoms with Gasteiger partial charge in [0.05, 0.1) is 18.7 Å². The molecule has 0 fully saturated rings. The summed E-state index contributed by atoms with van der Waals surface area (Å²) in [5.41, 5.74) is 1.39. The maximum atomic E-state index is 13.0. The van der Waals surface area contributed by atoms with Crippen molar-refractivity contribution in [1.82, 2.24) is 4.90 Å². The van der Waals surface area contributed by atoms with E-state index >= 15 is 0 Å². The maximum absolute atomic E-state index is 13.0. The fourth-order valence-corrected chi connectivity index (χ4v) is 2.15. The smallest absolute Gasteiger partial charge is 0.257 e. The summed E-state index contributed by atoms with van der Waals surface area (Å²) < 4.78 is 18.2. The number of hydrogen-bond acceptors (Lipinski definition) is 2. The second kappa shape index (κ2) is 6.39. The number of halogens is 1. The van der Waals surface area contributed by atoms with Gasteiger partial charge < -0.3 is 9.64 Å². The van der Waals surface area contributed by atoms with Crippen molar-refractivity contribution in [3.05, 3.63) is 65.5 Å². The summed E-state index contributed by atoms with van der Waals surface area (Å²) >= 11 is 0. The van der Waals surface area contributed by atoms with E-state index < -0.39 is 0 Å². The normalized spacial score (nSPS) is 11.8. The summed E-state index contributed by atoms with van der Waals surface area (Å²) in [6, 6.07) is 13.1. The van der Waals surface area contributed by atoms with E-state index in [0.29, 0.717) is 11.3 Å². The number of carbonyl (C=O) groups is 1. The Hall–Kier alpha value is -2.36. The average Bonchev–Trinajstić information content (AvgIpc) is 2.53. The summed E-state index contributed by atoms with van der Waals surface area (Å²) in [5, 5.41) is 0. The lowest BCUT2D eigenvalue weighted by atomic mass is 10.1. The van der Waals surface area contributed by atoms with Crippen LogP contribution in [0.15, 0.2) is 48.5 Å². The molecule has 21 heavy (non-hydrogen) atoms. The van der Waals surface area contributed by atoms with E-state index in [4.69, 9.17) is 4.74 Å². The van der Waals surface area contributed by atoms with Crippen molar-refractivity contribution in [2.45, 2.75) is 13.0 Å².